The Kier molecular flexibility index (Phi) is 4.79. The van der Waals surface area contributed by atoms with Crippen molar-refractivity contribution in [3.8, 4) is 0 Å². The lowest BCUT2D eigenvalue weighted by atomic mass is 10.1. The fraction of sp³-hybridized carbons (Fsp3) is 0.625. The molecule has 0 bridgehead atoms. The van der Waals surface area contributed by atoms with Gasteiger partial charge in [-0.1, -0.05) is 24.6 Å². The van der Waals surface area contributed by atoms with Gasteiger partial charge in [0.05, 0.1) is 0 Å². The molecule has 2 fully saturated rings. The lowest BCUT2D eigenvalue weighted by Gasteiger charge is -2.35. The predicted octanol–water partition coefficient (Wildman–Crippen LogP) is 3.92. The van der Waals surface area contributed by atoms with Crippen molar-refractivity contribution >= 4 is 29.1 Å². The van der Waals surface area contributed by atoms with Gasteiger partial charge in [0.15, 0.2) is 0 Å². The minimum atomic E-state index is 0.749. The van der Waals surface area contributed by atoms with Crippen LogP contribution in [0.5, 0.6) is 0 Å². The second-order valence-corrected chi connectivity index (χ2v) is 7.62. The fourth-order valence-corrected chi connectivity index (χ4v) is 4.05. The Hall–Kier alpha value is -0.380. The summed E-state index contributed by atoms with van der Waals surface area (Å²) in [5.41, 5.74) is 2.73. The van der Waals surface area contributed by atoms with Gasteiger partial charge in [0, 0.05) is 47.4 Å². The largest absolute Gasteiger partial charge is 0.369 e. The summed E-state index contributed by atoms with van der Waals surface area (Å²) in [6.07, 6.45) is 3.92. The zero-order chi connectivity index (χ0) is 13.9. The number of rotatable bonds is 5. The first-order valence-electron chi connectivity index (χ1n) is 7.64. The molecule has 3 rings (SSSR count). The lowest BCUT2D eigenvalue weighted by molar-refractivity contribution is 0.677. The van der Waals surface area contributed by atoms with E-state index >= 15 is 0 Å². The summed E-state index contributed by atoms with van der Waals surface area (Å²) in [4.78, 5) is 2.53. The molecule has 0 aromatic heterocycles. The standard InChI is InChI=1S/C16H23ClN2S/c1-2-15-11-19(7-8-20-15)16-9-13(17)4-3-12(16)10-18-14-5-6-14/h3-4,9,14-15,18H,2,5-8,10-11H2,1H3. The van der Waals surface area contributed by atoms with Crippen molar-refractivity contribution in [1.82, 2.24) is 5.32 Å². The van der Waals surface area contributed by atoms with Crippen molar-refractivity contribution in [3.63, 3.8) is 0 Å². The summed E-state index contributed by atoms with van der Waals surface area (Å²) in [5, 5.41) is 5.23. The Bertz CT molecular complexity index is 462. The maximum atomic E-state index is 6.23. The molecule has 110 valence electrons. The number of anilines is 1. The summed E-state index contributed by atoms with van der Waals surface area (Å²) in [7, 11) is 0. The average molecular weight is 311 g/mol. The molecule has 2 nitrogen and oxygen atoms in total. The zero-order valence-corrected chi connectivity index (χ0v) is 13.6. The van der Waals surface area contributed by atoms with Gasteiger partial charge >= 0.3 is 0 Å². The Morgan fingerprint density at radius 3 is 3.00 bits per heavy atom. The maximum Gasteiger partial charge on any atom is 0.0427 e. The van der Waals surface area contributed by atoms with Gasteiger partial charge in [-0.3, -0.25) is 0 Å². The van der Waals surface area contributed by atoms with Gasteiger partial charge in [-0.15, -0.1) is 0 Å². The molecular weight excluding hydrogens is 288 g/mol. The second kappa shape index (κ2) is 6.59. The molecule has 4 heteroatoms. The molecule has 1 aliphatic heterocycles. The number of thioether (sulfide) groups is 1. The highest BCUT2D eigenvalue weighted by Crippen LogP contribution is 2.31. The molecule has 1 saturated carbocycles. The Balaban J connectivity index is 1.76. The average Bonchev–Trinajstić information content (AvgIpc) is 3.30. The van der Waals surface area contributed by atoms with Crippen molar-refractivity contribution < 1.29 is 0 Å². The fourth-order valence-electron chi connectivity index (χ4n) is 2.71. The van der Waals surface area contributed by atoms with Crippen molar-refractivity contribution in [2.75, 3.05) is 23.7 Å². The molecular formula is C16H23ClN2S. The highest BCUT2D eigenvalue weighted by Gasteiger charge is 2.23. The Morgan fingerprint density at radius 1 is 1.40 bits per heavy atom. The topological polar surface area (TPSA) is 15.3 Å². The van der Waals surface area contributed by atoms with Crippen LogP contribution in [-0.4, -0.2) is 30.1 Å². The van der Waals surface area contributed by atoms with Crippen molar-refractivity contribution in [2.24, 2.45) is 0 Å². The van der Waals surface area contributed by atoms with Gasteiger partial charge < -0.3 is 10.2 Å². The molecule has 1 aromatic rings. The van der Waals surface area contributed by atoms with Gasteiger partial charge in [0.1, 0.15) is 0 Å². The van der Waals surface area contributed by atoms with Gasteiger partial charge in [-0.2, -0.15) is 11.8 Å². The third-order valence-electron chi connectivity index (χ3n) is 4.14. The van der Waals surface area contributed by atoms with Crippen LogP contribution < -0.4 is 10.2 Å². The summed E-state index contributed by atoms with van der Waals surface area (Å²) in [6.45, 7) is 5.54. The van der Waals surface area contributed by atoms with E-state index in [-0.39, 0.29) is 0 Å². The van der Waals surface area contributed by atoms with Crippen molar-refractivity contribution in [2.45, 2.75) is 44.0 Å². The molecule has 0 spiro atoms. The quantitative estimate of drug-likeness (QED) is 0.887. The van der Waals surface area contributed by atoms with Crippen molar-refractivity contribution in [3.05, 3.63) is 28.8 Å². The summed E-state index contributed by atoms with van der Waals surface area (Å²) >= 11 is 8.34. The molecule has 2 aliphatic rings. The van der Waals surface area contributed by atoms with E-state index in [0.29, 0.717) is 0 Å². The van der Waals surface area contributed by atoms with Crippen LogP contribution in [0, 0.1) is 0 Å². The number of halogens is 1. The van der Waals surface area contributed by atoms with Gasteiger partial charge in [-0.05, 0) is 37.0 Å². The SMILES string of the molecule is CCC1CN(c2cc(Cl)ccc2CNC2CC2)CCS1. The zero-order valence-electron chi connectivity index (χ0n) is 12.1. The molecule has 20 heavy (non-hydrogen) atoms. The van der Waals surface area contributed by atoms with E-state index < -0.39 is 0 Å². The van der Waals surface area contributed by atoms with Crippen LogP contribution in [-0.2, 0) is 6.54 Å². The van der Waals surface area contributed by atoms with Crippen LogP contribution in [0.1, 0.15) is 31.7 Å². The molecule has 0 amide bonds. The predicted molar refractivity (Wildman–Crippen MR) is 90.1 cm³/mol. The van der Waals surface area contributed by atoms with Crippen LogP contribution in [0.3, 0.4) is 0 Å². The normalized spacial score (nSPS) is 23.1. The molecule has 1 saturated heterocycles. The van der Waals surface area contributed by atoms with Crippen LogP contribution in [0.15, 0.2) is 18.2 Å². The van der Waals surface area contributed by atoms with Crippen molar-refractivity contribution in [1.29, 1.82) is 0 Å². The molecule has 1 N–H and O–H groups in total. The monoisotopic (exact) mass is 310 g/mol. The molecule has 1 aliphatic carbocycles. The minimum absolute atomic E-state index is 0.749. The van der Waals surface area contributed by atoms with E-state index in [9.17, 15) is 0 Å². The highest BCUT2D eigenvalue weighted by molar-refractivity contribution is 8.00. The first-order valence-corrected chi connectivity index (χ1v) is 9.07. The number of hydrogen-bond acceptors (Lipinski definition) is 3. The van der Waals surface area contributed by atoms with Gasteiger partial charge in [0.2, 0.25) is 0 Å². The highest BCUT2D eigenvalue weighted by atomic mass is 35.5. The third-order valence-corrected chi connectivity index (χ3v) is 5.75. The van der Waals surface area contributed by atoms with E-state index in [0.717, 1.165) is 35.9 Å². The van der Waals surface area contributed by atoms with E-state index in [1.54, 1.807) is 0 Å². The molecule has 1 aromatic carbocycles. The van der Waals surface area contributed by atoms with Crippen LogP contribution in [0.4, 0.5) is 5.69 Å². The van der Waals surface area contributed by atoms with Crippen LogP contribution in [0.2, 0.25) is 5.02 Å². The summed E-state index contributed by atoms with van der Waals surface area (Å²) in [5.74, 6) is 1.22. The number of hydrogen-bond donors (Lipinski definition) is 1. The van der Waals surface area contributed by atoms with E-state index in [1.165, 1.54) is 36.3 Å². The van der Waals surface area contributed by atoms with Gasteiger partial charge in [-0.25, -0.2) is 0 Å². The summed E-state index contributed by atoms with van der Waals surface area (Å²) < 4.78 is 0. The van der Waals surface area contributed by atoms with Crippen LogP contribution >= 0.6 is 23.4 Å². The summed E-state index contributed by atoms with van der Waals surface area (Å²) in [6, 6.07) is 7.10. The first kappa shape index (κ1) is 14.6. The number of nitrogens with one attached hydrogen (secondary N) is 1. The second-order valence-electron chi connectivity index (χ2n) is 5.78. The molecule has 1 unspecified atom stereocenters. The maximum absolute atomic E-state index is 6.23. The Labute approximate surface area is 131 Å². The number of benzene rings is 1. The van der Waals surface area contributed by atoms with E-state index in [1.807, 2.05) is 6.07 Å². The Morgan fingerprint density at radius 2 is 2.25 bits per heavy atom. The first-order chi connectivity index (χ1) is 9.76. The van der Waals surface area contributed by atoms with Crippen LogP contribution in [0.25, 0.3) is 0 Å². The van der Waals surface area contributed by atoms with E-state index in [4.69, 9.17) is 11.6 Å². The smallest absolute Gasteiger partial charge is 0.0427 e. The molecule has 1 atom stereocenters. The minimum Gasteiger partial charge on any atom is -0.369 e. The molecule has 1 heterocycles. The van der Waals surface area contributed by atoms with E-state index in [2.05, 4.69) is 41.0 Å². The molecule has 0 radical (unpaired) electrons. The van der Waals surface area contributed by atoms with Gasteiger partial charge in [0.25, 0.3) is 0 Å². The third kappa shape index (κ3) is 3.63. The lowest BCUT2D eigenvalue weighted by Crippen LogP contribution is -2.38. The number of nitrogens with zero attached hydrogens (tertiary/aromatic N) is 1.